The van der Waals surface area contributed by atoms with Crippen LogP contribution < -0.4 is 5.73 Å². The van der Waals surface area contributed by atoms with Gasteiger partial charge in [-0.25, -0.2) is 0 Å². The number of carbonyl (C=O) groups is 1. The molecule has 0 bridgehead atoms. The summed E-state index contributed by atoms with van der Waals surface area (Å²) in [7, 11) is 0. The molecule has 58 valence electrons. The van der Waals surface area contributed by atoms with E-state index in [1.807, 2.05) is 0 Å². The van der Waals surface area contributed by atoms with Gasteiger partial charge in [-0.15, -0.1) is 0 Å². The van der Waals surface area contributed by atoms with Crippen LogP contribution in [0.2, 0.25) is 0 Å². The highest BCUT2D eigenvalue weighted by atomic mass is 16.5. The van der Waals surface area contributed by atoms with Crippen molar-refractivity contribution in [3.8, 4) is 0 Å². The maximum Gasteiger partial charge on any atom is 0.246 e. The van der Waals surface area contributed by atoms with Crippen LogP contribution in [-0.4, -0.2) is 18.1 Å². The number of ether oxygens (including phenoxy) is 1. The third-order valence-corrected chi connectivity index (χ3v) is 1.85. The Morgan fingerprint density at radius 2 is 2.30 bits per heavy atom. The molecule has 1 aliphatic rings. The molecule has 1 atom stereocenters. The van der Waals surface area contributed by atoms with Crippen molar-refractivity contribution in [1.29, 1.82) is 0 Å². The Kier molecular flexibility index (Phi) is 2.27. The molecule has 0 spiro atoms. The van der Waals surface area contributed by atoms with E-state index in [2.05, 4.69) is 0 Å². The summed E-state index contributed by atoms with van der Waals surface area (Å²) in [5.41, 5.74) is 5.00. The van der Waals surface area contributed by atoms with Crippen molar-refractivity contribution in [3.63, 3.8) is 0 Å². The highest BCUT2D eigenvalue weighted by Crippen LogP contribution is 2.22. The minimum Gasteiger partial charge on any atom is -0.367 e. The average molecular weight is 143 g/mol. The van der Waals surface area contributed by atoms with E-state index in [-0.39, 0.29) is 5.91 Å². The minimum atomic E-state index is -0.412. The normalized spacial score (nSPS) is 21.7. The van der Waals surface area contributed by atoms with Crippen LogP contribution in [0.25, 0.3) is 0 Å². The first kappa shape index (κ1) is 7.54. The largest absolute Gasteiger partial charge is 0.367 e. The number of hydrogen-bond acceptors (Lipinski definition) is 2. The summed E-state index contributed by atoms with van der Waals surface area (Å²) in [6.45, 7) is 1.70. The number of nitrogens with two attached hydrogens (primary N) is 1. The predicted octanol–water partition coefficient (Wildman–Crippen LogP) is 0.429. The fourth-order valence-corrected chi connectivity index (χ4v) is 0.863. The molecule has 2 N–H and O–H groups in total. The van der Waals surface area contributed by atoms with Gasteiger partial charge < -0.3 is 10.5 Å². The summed E-state index contributed by atoms with van der Waals surface area (Å²) in [4.78, 5) is 10.5. The highest BCUT2D eigenvalue weighted by Gasteiger charge is 2.22. The molecule has 1 saturated carbocycles. The molecule has 1 fully saturated rings. The number of carbonyl (C=O) groups excluding carboxylic acids is 1. The van der Waals surface area contributed by atoms with Crippen molar-refractivity contribution in [3.05, 3.63) is 0 Å². The van der Waals surface area contributed by atoms with Crippen molar-refractivity contribution in [2.75, 3.05) is 0 Å². The fourth-order valence-electron chi connectivity index (χ4n) is 0.863. The predicted molar refractivity (Wildman–Crippen MR) is 37.4 cm³/mol. The summed E-state index contributed by atoms with van der Waals surface area (Å²) >= 11 is 0. The number of rotatable bonds is 3. The van der Waals surface area contributed by atoms with Crippen LogP contribution in [-0.2, 0) is 9.53 Å². The first-order valence-corrected chi connectivity index (χ1v) is 3.65. The summed E-state index contributed by atoms with van der Waals surface area (Å²) in [6, 6.07) is 0. The van der Waals surface area contributed by atoms with Gasteiger partial charge >= 0.3 is 0 Å². The van der Waals surface area contributed by atoms with Crippen molar-refractivity contribution in [2.24, 2.45) is 5.73 Å². The van der Waals surface area contributed by atoms with E-state index in [0.717, 1.165) is 12.8 Å². The van der Waals surface area contributed by atoms with Gasteiger partial charge in [-0.05, 0) is 26.2 Å². The van der Waals surface area contributed by atoms with Crippen molar-refractivity contribution in [2.45, 2.75) is 38.4 Å². The molecule has 1 aliphatic carbocycles. The second-order valence-electron chi connectivity index (χ2n) is 2.73. The Morgan fingerprint density at radius 1 is 1.70 bits per heavy atom. The monoisotopic (exact) mass is 143 g/mol. The van der Waals surface area contributed by atoms with E-state index in [4.69, 9.17) is 10.5 Å². The first-order chi connectivity index (χ1) is 4.70. The van der Waals surface area contributed by atoms with Gasteiger partial charge in [-0.3, -0.25) is 4.79 Å². The molecule has 0 radical (unpaired) electrons. The lowest BCUT2D eigenvalue weighted by molar-refractivity contribution is -0.135. The van der Waals surface area contributed by atoms with E-state index in [1.54, 1.807) is 6.92 Å². The van der Waals surface area contributed by atoms with E-state index < -0.39 is 6.10 Å². The molecule has 0 heterocycles. The number of amides is 1. The fraction of sp³-hybridized carbons (Fsp3) is 0.857. The van der Waals surface area contributed by atoms with Crippen LogP contribution in [0, 0.1) is 0 Å². The lowest BCUT2D eigenvalue weighted by Crippen LogP contribution is -2.34. The van der Waals surface area contributed by atoms with E-state index in [9.17, 15) is 4.79 Å². The molecule has 10 heavy (non-hydrogen) atoms. The Balaban J connectivity index is 2.16. The van der Waals surface area contributed by atoms with Crippen LogP contribution in [0.15, 0.2) is 0 Å². The maximum atomic E-state index is 10.5. The van der Waals surface area contributed by atoms with Gasteiger partial charge in [0.25, 0.3) is 0 Å². The third kappa shape index (κ3) is 1.70. The zero-order valence-electron chi connectivity index (χ0n) is 6.17. The molecular formula is C7H13NO2. The molecule has 0 saturated heterocycles. The molecule has 0 aliphatic heterocycles. The number of primary amides is 1. The molecule has 1 rings (SSSR count). The Labute approximate surface area is 60.5 Å². The van der Waals surface area contributed by atoms with Crippen molar-refractivity contribution < 1.29 is 9.53 Å². The quantitative estimate of drug-likeness (QED) is 0.622. The SMILES string of the molecule is C[C@@H](OC1CCC1)C(N)=O. The Bertz CT molecular complexity index is 132. The summed E-state index contributed by atoms with van der Waals surface area (Å²) < 4.78 is 5.27. The van der Waals surface area contributed by atoms with Gasteiger partial charge in [0.1, 0.15) is 6.10 Å². The van der Waals surface area contributed by atoms with Crippen LogP contribution in [0.5, 0.6) is 0 Å². The lowest BCUT2D eigenvalue weighted by atomic mass is 9.96. The van der Waals surface area contributed by atoms with Crippen LogP contribution >= 0.6 is 0 Å². The molecule has 0 aromatic heterocycles. The maximum absolute atomic E-state index is 10.5. The molecule has 3 heteroatoms. The first-order valence-electron chi connectivity index (χ1n) is 3.65. The standard InChI is InChI=1S/C7H13NO2/c1-5(7(8)9)10-6-3-2-4-6/h5-6H,2-4H2,1H3,(H2,8,9)/t5-/m1/s1. The lowest BCUT2D eigenvalue weighted by Gasteiger charge is -2.27. The second-order valence-corrected chi connectivity index (χ2v) is 2.73. The smallest absolute Gasteiger partial charge is 0.246 e. The summed E-state index contributed by atoms with van der Waals surface area (Å²) in [6.07, 6.45) is 3.26. The molecule has 3 nitrogen and oxygen atoms in total. The molecule has 0 unspecified atom stereocenters. The molecule has 0 aromatic rings. The average Bonchev–Trinajstić information content (AvgIpc) is 1.77. The second kappa shape index (κ2) is 3.01. The molecular weight excluding hydrogens is 130 g/mol. The Hall–Kier alpha value is -0.570. The van der Waals surface area contributed by atoms with Crippen molar-refractivity contribution >= 4 is 5.91 Å². The van der Waals surface area contributed by atoms with E-state index in [1.165, 1.54) is 6.42 Å². The zero-order valence-corrected chi connectivity index (χ0v) is 6.17. The van der Waals surface area contributed by atoms with Crippen LogP contribution in [0.1, 0.15) is 26.2 Å². The third-order valence-electron chi connectivity index (χ3n) is 1.85. The molecule has 1 amide bonds. The Morgan fingerprint density at radius 3 is 2.60 bits per heavy atom. The van der Waals surface area contributed by atoms with Gasteiger partial charge in [0.2, 0.25) is 5.91 Å². The van der Waals surface area contributed by atoms with Gasteiger partial charge in [-0.2, -0.15) is 0 Å². The van der Waals surface area contributed by atoms with Gasteiger partial charge in [0, 0.05) is 0 Å². The molecule has 0 aromatic carbocycles. The highest BCUT2D eigenvalue weighted by molar-refractivity contribution is 5.78. The van der Waals surface area contributed by atoms with Gasteiger partial charge in [0.15, 0.2) is 0 Å². The van der Waals surface area contributed by atoms with Crippen molar-refractivity contribution in [1.82, 2.24) is 0 Å². The van der Waals surface area contributed by atoms with E-state index >= 15 is 0 Å². The summed E-state index contributed by atoms with van der Waals surface area (Å²) in [5.74, 6) is -0.369. The summed E-state index contributed by atoms with van der Waals surface area (Å²) in [5, 5.41) is 0. The van der Waals surface area contributed by atoms with Gasteiger partial charge in [0.05, 0.1) is 6.10 Å². The number of hydrogen-bond donors (Lipinski definition) is 1. The topological polar surface area (TPSA) is 52.3 Å². The van der Waals surface area contributed by atoms with Crippen LogP contribution in [0.4, 0.5) is 0 Å². The van der Waals surface area contributed by atoms with Gasteiger partial charge in [-0.1, -0.05) is 0 Å². The van der Waals surface area contributed by atoms with Crippen LogP contribution in [0.3, 0.4) is 0 Å². The minimum absolute atomic E-state index is 0.294. The van der Waals surface area contributed by atoms with E-state index in [0.29, 0.717) is 6.10 Å². The zero-order chi connectivity index (χ0) is 7.56.